The zero-order valence-corrected chi connectivity index (χ0v) is 17.0. The molecule has 1 fully saturated rings. The Balaban J connectivity index is 0.00000264. The molecule has 132 valence electrons. The first-order valence-corrected chi connectivity index (χ1v) is 9.87. The lowest BCUT2D eigenvalue weighted by Gasteiger charge is -2.35. The van der Waals surface area contributed by atoms with Gasteiger partial charge >= 0.3 is 0 Å². The first kappa shape index (κ1) is 20.4. The van der Waals surface area contributed by atoms with Gasteiger partial charge in [-0.1, -0.05) is 0 Å². The van der Waals surface area contributed by atoms with Crippen LogP contribution in [0.25, 0.3) is 0 Å². The second-order valence-electron chi connectivity index (χ2n) is 5.05. The average Bonchev–Trinajstić information content (AvgIpc) is 3.00. The van der Waals surface area contributed by atoms with Crippen LogP contribution in [0.2, 0.25) is 0 Å². The van der Waals surface area contributed by atoms with Gasteiger partial charge in [0.2, 0.25) is 10.0 Å². The number of aromatic nitrogens is 1. The monoisotopic (exact) mass is 474 g/mol. The van der Waals surface area contributed by atoms with Gasteiger partial charge in [0.05, 0.1) is 6.26 Å². The third-order valence-electron chi connectivity index (χ3n) is 3.27. The number of aliphatic imine (C=N–C) groups is 1. The number of nitrogens with two attached hydrogens (primary N) is 1. The van der Waals surface area contributed by atoms with Crippen molar-refractivity contribution in [2.24, 2.45) is 10.7 Å². The summed E-state index contributed by atoms with van der Waals surface area (Å²) < 4.78 is 24.3. The Morgan fingerprint density at radius 3 is 2.70 bits per heavy atom. The van der Waals surface area contributed by atoms with Crippen molar-refractivity contribution in [3.63, 3.8) is 0 Å². The Labute approximate surface area is 158 Å². The Morgan fingerprint density at radius 2 is 2.13 bits per heavy atom. The van der Waals surface area contributed by atoms with Gasteiger partial charge in [0.1, 0.15) is 0 Å². The molecule has 0 radical (unpaired) electrons. The first-order chi connectivity index (χ1) is 10.5. The minimum atomic E-state index is -3.12. The van der Waals surface area contributed by atoms with E-state index >= 15 is 0 Å². The van der Waals surface area contributed by atoms with Crippen molar-refractivity contribution in [2.45, 2.75) is 6.42 Å². The third kappa shape index (κ3) is 7.18. The van der Waals surface area contributed by atoms with Crippen molar-refractivity contribution in [1.82, 2.24) is 14.6 Å². The molecule has 0 aliphatic carbocycles. The predicted octanol–water partition coefficient (Wildman–Crippen LogP) is 0.137. The summed E-state index contributed by atoms with van der Waals surface area (Å²) in [5.74, 6) is 0.526. The van der Waals surface area contributed by atoms with Gasteiger partial charge in [-0.2, -0.15) is 0 Å². The highest BCUT2D eigenvalue weighted by Crippen LogP contribution is 2.18. The molecule has 0 atom stereocenters. The molecular formula is C12H23IN6O2S2. The molecule has 0 bridgehead atoms. The summed E-state index contributed by atoms with van der Waals surface area (Å²) in [6.45, 7) is 4.28. The minimum Gasteiger partial charge on any atom is -0.370 e. The van der Waals surface area contributed by atoms with Crippen molar-refractivity contribution in [3.05, 3.63) is 11.6 Å². The predicted molar refractivity (Wildman–Crippen MR) is 105 cm³/mol. The molecule has 1 aromatic rings. The highest BCUT2D eigenvalue weighted by atomic mass is 127. The van der Waals surface area contributed by atoms with Crippen LogP contribution < -0.4 is 15.4 Å². The molecule has 8 nitrogen and oxygen atoms in total. The summed E-state index contributed by atoms with van der Waals surface area (Å²) in [6.07, 6.45) is 3.59. The summed E-state index contributed by atoms with van der Waals surface area (Å²) in [5, 5.41) is 3.02. The van der Waals surface area contributed by atoms with E-state index in [-0.39, 0.29) is 24.0 Å². The van der Waals surface area contributed by atoms with Gasteiger partial charge in [-0.3, -0.25) is 4.99 Å². The third-order valence-corrected chi connectivity index (χ3v) is 4.83. The van der Waals surface area contributed by atoms with Gasteiger partial charge in [-0.05, 0) is 6.42 Å². The lowest BCUT2D eigenvalue weighted by molar-refractivity contribution is 0.380. The number of halogens is 1. The molecule has 0 aromatic carbocycles. The maximum absolute atomic E-state index is 10.9. The van der Waals surface area contributed by atoms with Crippen molar-refractivity contribution in [2.75, 3.05) is 50.4 Å². The van der Waals surface area contributed by atoms with Gasteiger partial charge in [0, 0.05) is 50.8 Å². The molecule has 23 heavy (non-hydrogen) atoms. The molecular weight excluding hydrogens is 451 g/mol. The second-order valence-corrected chi connectivity index (χ2v) is 7.75. The normalized spacial score (nSPS) is 16.3. The summed E-state index contributed by atoms with van der Waals surface area (Å²) in [6, 6.07) is 0. The molecule has 0 unspecified atom stereocenters. The fourth-order valence-corrected chi connectivity index (χ4v) is 3.34. The highest BCUT2D eigenvalue weighted by molar-refractivity contribution is 14.0. The average molecular weight is 474 g/mol. The number of rotatable bonds is 6. The van der Waals surface area contributed by atoms with E-state index in [4.69, 9.17) is 5.73 Å². The topological polar surface area (TPSA) is 104 Å². The number of hydrogen-bond acceptors (Lipinski definition) is 6. The number of sulfonamides is 1. The molecule has 11 heteroatoms. The smallest absolute Gasteiger partial charge is 0.208 e. The molecule has 0 saturated carbocycles. The lowest BCUT2D eigenvalue weighted by atomic mass is 10.3. The van der Waals surface area contributed by atoms with Gasteiger partial charge < -0.3 is 15.5 Å². The molecule has 2 heterocycles. The van der Waals surface area contributed by atoms with Gasteiger partial charge in [0.25, 0.3) is 0 Å². The maximum atomic E-state index is 10.9. The van der Waals surface area contributed by atoms with E-state index in [1.165, 1.54) is 0 Å². The van der Waals surface area contributed by atoms with Crippen LogP contribution in [0.3, 0.4) is 0 Å². The van der Waals surface area contributed by atoms with Crippen molar-refractivity contribution in [1.29, 1.82) is 0 Å². The van der Waals surface area contributed by atoms with Crippen LogP contribution in [-0.4, -0.2) is 69.8 Å². The lowest BCUT2D eigenvalue weighted by Crippen LogP contribution is -2.51. The Morgan fingerprint density at radius 1 is 1.43 bits per heavy atom. The van der Waals surface area contributed by atoms with E-state index in [2.05, 4.69) is 19.6 Å². The van der Waals surface area contributed by atoms with Crippen LogP contribution in [0.5, 0.6) is 0 Å². The van der Waals surface area contributed by atoms with Crippen LogP contribution in [-0.2, 0) is 10.0 Å². The zero-order valence-electron chi connectivity index (χ0n) is 13.0. The van der Waals surface area contributed by atoms with Crippen molar-refractivity contribution < 1.29 is 8.42 Å². The molecule has 0 amide bonds. The van der Waals surface area contributed by atoms with Crippen LogP contribution >= 0.6 is 35.3 Å². The minimum absolute atomic E-state index is 0. The van der Waals surface area contributed by atoms with E-state index in [1.54, 1.807) is 11.3 Å². The zero-order chi connectivity index (χ0) is 16.0. The Kier molecular flexibility index (Phi) is 8.50. The van der Waals surface area contributed by atoms with Crippen molar-refractivity contribution in [3.8, 4) is 0 Å². The van der Waals surface area contributed by atoms with E-state index in [9.17, 15) is 8.42 Å². The fraction of sp³-hybridized carbons (Fsp3) is 0.667. The number of anilines is 1. The van der Waals surface area contributed by atoms with E-state index in [1.807, 2.05) is 16.5 Å². The molecule has 0 spiro atoms. The van der Waals surface area contributed by atoms with E-state index < -0.39 is 10.0 Å². The number of guanidine groups is 1. The molecule has 3 N–H and O–H groups in total. The summed E-state index contributed by atoms with van der Waals surface area (Å²) in [7, 11) is -3.12. The van der Waals surface area contributed by atoms with Crippen LogP contribution in [0, 0.1) is 0 Å². The van der Waals surface area contributed by atoms with Crippen LogP contribution in [0.4, 0.5) is 5.13 Å². The fourth-order valence-electron chi connectivity index (χ4n) is 2.13. The number of thiazole rings is 1. The van der Waals surface area contributed by atoms with Crippen LogP contribution in [0.15, 0.2) is 16.6 Å². The summed E-state index contributed by atoms with van der Waals surface area (Å²) in [4.78, 5) is 12.9. The highest BCUT2D eigenvalue weighted by Gasteiger charge is 2.19. The molecule has 1 aliphatic heterocycles. The first-order valence-electron chi connectivity index (χ1n) is 7.09. The number of nitrogens with zero attached hydrogens (tertiary/aromatic N) is 4. The quantitative estimate of drug-likeness (QED) is 0.263. The molecule has 1 saturated heterocycles. The number of hydrogen-bond donors (Lipinski definition) is 2. The standard InChI is InChI=1S/C12H22N6O2S2.HI/c1-22(19,20)16-4-2-3-14-11(13)17-6-8-18(9-7-17)12-15-5-10-21-12;/h5,10,16H,2-4,6-9H2,1H3,(H2,13,14);1H. The SMILES string of the molecule is CS(=O)(=O)NCCCN=C(N)N1CCN(c2nccs2)CC1.I. The van der Waals surface area contributed by atoms with Gasteiger partial charge in [-0.15, -0.1) is 35.3 Å². The molecule has 2 rings (SSSR count). The van der Waals surface area contributed by atoms with Gasteiger partial charge in [0.15, 0.2) is 11.1 Å². The summed E-state index contributed by atoms with van der Waals surface area (Å²) in [5.41, 5.74) is 5.99. The van der Waals surface area contributed by atoms with Crippen molar-refractivity contribution >= 4 is 56.4 Å². The van der Waals surface area contributed by atoms with Gasteiger partial charge in [-0.25, -0.2) is 18.1 Å². The Hall–Kier alpha value is -0.660. The van der Waals surface area contributed by atoms with Crippen LogP contribution in [0.1, 0.15) is 6.42 Å². The second kappa shape index (κ2) is 9.59. The van der Waals surface area contributed by atoms with E-state index in [0.717, 1.165) is 37.6 Å². The molecule has 1 aliphatic rings. The Bertz CT molecular complexity index is 585. The number of nitrogens with one attached hydrogen (secondary N) is 1. The summed E-state index contributed by atoms with van der Waals surface area (Å²) >= 11 is 1.64. The largest absolute Gasteiger partial charge is 0.370 e. The number of piperazine rings is 1. The molecule has 1 aromatic heterocycles. The maximum Gasteiger partial charge on any atom is 0.208 e. The van der Waals surface area contributed by atoms with E-state index in [0.29, 0.717) is 25.5 Å².